The summed E-state index contributed by atoms with van der Waals surface area (Å²) >= 11 is 5.95. The smallest absolute Gasteiger partial charge is 0.335 e. The predicted molar refractivity (Wildman–Crippen MR) is 155 cm³/mol. The maximum Gasteiger partial charge on any atom is 0.335 e. The van der Waals surface area contributed by atoms with Gasteiger partial charge in [-0.2, -0.15) is 0 Å². The Morgan fingerprint density at radius 3 is 2.67 bits per heavy atom. The largest absolute Gasteiger partial charge is 0.478 e. The zero-order valence-corrected chi connectivity index (χ0v) is 23.5. The fraction of sp³-hybridized carbons (Fsp3) is 0.323. The van der Waals surface area contributed by atoms with Gasteiger partial charge in [-0.1, -0.05) is 29.8 Å². The summed E-state index contributed by atoms with van der Waals surface area (Å²) in [5, 5.41) is 20.5. The van der Waals surface area contributed by atoms with Crippen LogP contribution in [0.5, 0.6) is 0 Å². The first-order valence-electron chi connectivity index (χ1n) is 14.0. The number of carbonyl (C=O) groups is 1. The monoisotopic (exact) mass is 589 g/mol. The van der Waals surface area contributed by atoms with Gasteiger partial charge in [-0.15, -0.1) is 0 Å². The summed E-state index contributed by atoms with van der Waals surface area (Å²) in [5.74, 6) is 0.193. The molecule has 5 aromatic rings. The number of aromatic nitrogens is 4. The molecule has 0 radical (unpaired) electrons. The van der Waals surface area contributed by atoms with Gasteiger partial charge in [-0.25, -0.2) is 19.2 Å². The summed E-state index contributed by atoms with van der Waals surface area (Å²) in [7, 11) is 0. The SMILES string of the molecule is O=C(O)c1ccc2nc(CN3CCn4c(nc5c(Cc6ccc(Cl)cc6F)cccc54)C3CO)n(C[C@@H]3CCO3)c2c1. The number of carboxylic acids is 1. The van der Waals surface area contributed by atoms with Crippen LogP contribution in [0.3, 0.4) is 0 Å². The molecule has 11 heteroatoms. The highest BCUT2D eigenvalue weighted by atomic mass is 35.5. The zero-order valence-electron chi connectivity index (χ0n) is 22.7. The van der Waals surface area contributed by atoms with Gasteiger partial charge in [0.15, 0.2) is 0 Å². The number of halogens is 2. The zero-order chi connectivity index (χ0) is 29.0. The van der Waals surface area contributed by atoms with Crippen LogP contribution in [0.25, 0.3) is 22.1 Å². The van der Waals surface area contributed by atoms with E-state index in [4.69, 9.17) is 26.3 Å². The molecule has 0 bridgehead atoms. The molecule has 1 saturated heterocycles. The Morgan fingerprint density at radius 1 is 1.07 bits per heavy atom. The Labute approximate surface area is 245 Å². The number of ether oxygens (including phenoxy) is 1. The van der Waals surface area contributed by atoms with Crippen LogP contribution in [-0.2, 0) is 30.8 Å². The third-order valence-corrected chi connectivity index (χ3v) is 8.64. The van der Waals surface area contributed by atoms with Crippen LogP contribution in [0.2, 0.25) is 5.02 Å². The number of para-hydroxylation sites is 1. The second-order valence-corrected chi connectivity index (χ2v) is 11.4. The molecule has 9 nitrogen and oxygen atoms in total. The summed E-state index contributed by atoms with van der Waals surface area (Å²) in [4.78, 5) is 23.7. The molecule has 2 atom stereocenters. The van der Waals surface area contributed by atoms with E-state index in [2.05, 4.69) is 14.0 Å². The lowest BCUT2D eigenvalue weighted by Gasteiger charge is -2.35. The van der Waals surface area contributed by atoms with E-state index in [0.717, 1.165) is 45.7 Å². The van der Waals surface area contributed by atoms with E-state index in [-0.39, 0.29) is 30.1 Å². The van der Waals surface area contributed by atoms with Gasteiger partial charge in [0.05, 0.1) is 59.5 Å². The fourth-order valence-electron chi connectivity index (χ4n) is 6.10. The Kier molecular flexibility index (Phi) is 6.94. The molecule has 0 spiro atoms. The Balaban J connectivity index is 1.23. The Morgan fingerprint density at radius 2 is 1.93 bits per heavy atom. The van der Waals surface area contributed by atoms with Gasteiger partial charge in [0.2, 0.25) is 0 Å². The Bertz CT molecular complexity index is 1830. The molecule has 1 unspecified atom stereocenters. The van der Waals surface area contributed by atoms with E-state index >= 15 is 0 Å². The number of hydrogen-bond acceptors (Lipinski definition) is 6. The molecule has 0 amide bonds. The number of nitrogens with zero attached hydrogens (tertiary/aromatic N) is 5. The molecule has 0 aliphatic carbocycles. The highest BCUT2D eigenvalue weighted by molar-refractivity contribution is 6.30. The molecule has 0 saturated carbocycles. The van der Waals surface area contributed by atoms with Gasteiger partial charge in [0.25, 0.3) is 0 Å². The molecule has 216 valence electrons. The second kappa shape index (κ2) is 10.8. The van der Waals surface area contributed by atoms with Crippen molar-refractivity contribution in [1.29, 1.82) is 0 Å². The van der Waals surface area contributed by atoms with Crippen LogP contribution >= 0.6 is 11.6 Å². The van der Waals surface area contributed by atoms with E-state index in [0.29, 0.717) is 49.8 Å². The lowest BCUT2D eigenvalue weighted by Crippen LogP contribution is -2.40. The molecule has 3 aromatic carbocycles. The number of benzene rings is 3. The third-order valence-electron chi connectivity index (χ3n) is 8.41. The number of aliphatic hydroxyl groups excluding tert-OH is 1. The van der Waals surface area contributed by atoms with Gasteiger partial charge in [0, 0.05) is 31.1 Å². The maximum atomic E-state index is 14.6. The van der Waals surface area contributed by atoms with Crippen molar-refractivity contribution in [1.82, 2.24) is 24.0 Å². The van der Waals surface area contributed by atoms with E-state index in [1.54, 1.807) is 30.3 Å². The highest BCUT2D eigenvalue weighted by Crippen LogP contribution is 2.33. The minimum Gasteiger partial charge on any atom is -0.478 e. The van der Waals surface area contributed by atoms with Crippen molar-refractivity contribution in [2.24, 2.45) is 0 Å². The van der Waals surface area contributed by atoms with Crippen LogP contribution in [0, 0.1) is 5.82 Å². The van der Waals surface area contributed by atoms with Gasteiger partial charge in [-0.05, 0) is 53.9 Å². The van der Waals surface area contributed by atoms with Crippen molar-refractivity contribution in [3.8, 4) is 0 Å². The molecule has 2 aliphatic rings. The molecule has 2 N–H and O–H groups in total. The van der Waals surface area contributed by atoms with Crippen molar-refractivity contribution in [2.75, 3.05) is 19.8 Å². The van der Waals surface area contributed by atoms with Crippen LogP contribution in [-0.4, -0.2) is 66.0 Å². The second-order valence-electron chi connectivity index (χ2n) is 10.9. The van der Waals surface area contributed by atoms with Crippen molar-refractivity contribution in [3.63, 3.8) is 0 Å². The normalized spacial score (nSPS) is 18.8. The molecular formula is C31H29ClFN5O4. The highest BCUT2D eigenvalue weighted by Gasteiger charge is 2.32. The minimum atomic E-state index is -0.987. The average Bonchev–Trinajstić information content (AvgIpc) is 3.50. The average molecular weight is 590 g/mol. The lowest BCUT2D eigenvalue weighted by molar-refractivity contribution is -0.0593. The first-order valence-corrected chi connectivity index (χ1v) is 14.4. The minimum absolute atomic E-state index is 0.0534. The van der Waals surface area contributed by atoms with Gasteiger partial charge in [0.1, 0.15) is 17.5 Å². The fourth-order valence-corrected chi connectivity index (χ4v) is 6.26. The van der Waals surface area contributed by atoms with Crippen LogP contribution in [0.4, 0.5) is 4.39 Å². The number of fused-ring (bicyclic) bond motifs is 4. The number of imidazole rings is 2. The van der Waals surface area contributed by atoms with Gasteiger partial charge < -0.3 is 24.1 Å². The predicted octanol–water partition coefficient (Wildman–Crippen LogP) is 4.81. The van der Waals surface area contributed by atoms with Crippen molar-refractivity contribution in [2.45, 2.75) is 44.6 Å². The van der Waals surface area contributed by atoms with Gasteiger partial charge >= 0.3 is 5.97 Å². The standard InChI is InChI=1S/C31H29ClFN5O4/c32-21-6-4-18(23(33)14-21)12-19-2-1-3-25-29(19)35-30-27(17-39)36(9-10-37(25)30)16-28-34-24-7-5-20(31(40)41)13-26(24)38(28)15-22-8-11-42-22/h1-7,13-14,22,27,39H,8-12,15-17H2,(H,40,41)/t22-,27?/m0/s1. The molecule has 2 aliphatic heterocycles. The van der Waals surface area contributed by atoms with E-state index < -0.39 is 5.97 Å². The molecule has 4 heterocycles. The van der Waals surface area contributed by atoms with Crippen LogP contribution in [0.1, 0.15) is 45.6 Å². The first kappa shape index (κ1) is 27.0. The van der Waals surface area contributed by atoms with E-state index in [1.165, 1.54) is 6.07 Å². The number of aromatic carboxylic acids is 1. The van der Waals surface area contributed by atoms with E-state index in [1.807, 2.05) is 18.2 Å². The molecular weight excluding hydrogens is 561 g/mol. The molecule has 2 aromatic heterocycles. The van der Waals surface area contributed by atoms with Gasteiger partial charge in [-0.3, -0.25) is 4.90 Å². The van der Waals surface area contributed by atoms with E-state index in [9.17, 15) is 19.4 Å². The maximum absolute atomic E-state index is 14.6. The van der Waals surface area contributed by atoms with Crippen LogP contribution in [0.15, 0.2) is 54.6 Å². The third kappa shape index (κ3) is 4.74. The summed E-state index contributed by atoms with van der Waals surface area (Å²) in [5.41, 5.74) is 4.86. The van der Waals surface area contributed by atoms with Crippen molar-refractivity contribution >= 4 is 39.6 Å². The van der Waals surface area contributed by atoms with Crippen molar-refractivity contribution < 1.29 is 24.1 Å². The number of hydrogen-bond donors (Lipinski definition) is 2. The number of carboxylic acid groups (broad SMARTS) is 1. The number of aliphatic hydroxyl groups is 1. The summed E-state index contributed by atoms with van der Waals surface area (Å²) < 4.78 is 24.5. The lowest BCUT2D eigenvalue weighted by atomic mass is 10.0. The number of rotatable bonds is 8. The molecule has 42 heavy (non-hydrogen) atoms. The summed E-state index contributed by atoms with van der Waals surface area (Å²) in [6, 6.07) is 15.2. The Hall–Kier alpha value is -3.83. The molecule has 7 rings (SSSR count). The summed E-state index contributed by atoms with van der Waals surface area (Å²) in [6.07, 6.45) is 1.36. The topological polar surface area (TPSA) is 106 Å². The van der Waals surface area contributed by atoms with Crippen LogP contribution < -0.4 is 0 Å². The first-order chi connectivity index (χ1) is 20.4. The van der Waals surface area contributed by atoms with Crippen molar-refractivity contribution in [3.05, 3.63) is 93.8 Å². The summed E-state index contributed by atoms with van der Waals surface area (Å²) in [6.45, 7) is 2.92. The quantitative estimate of drug-likeness (QED) is 0.268. The molecule has 1 fully saturated rings.